The minimum absolute atomic E-state index is 0.321. The van der Waals surface area contributed by atoms with E-state index >= 15 is 0 Å². The second-order valence-electron chi connectivity index (χ2n) is 5.74. The van der Waals surface area contributed by atoms with Crippen LogP contribution >= 0.6 is 0 Å². The minimum Gasteiger partial charge on any atom is -0.462 e. The van der Waals surface area contributed by atoms with Crippen molar-refractivity contribution in [3.63, 3.8) is 0 Å². The van der Waals surface area contributed by atoms with E-state index in [1.54, 1.807) is 17.8 Å². The van der Waals surface area contributed by atoms with Gasteiger partial charge in [0.15, 0.2) is 0 Å². The van der Waals surface area contributed by atoms with Crippen molar-refractivity contribution < 1.29 is 9.53 Å². The Morgan fingerprint density at radius 3 is 2.83 bits per heavy atom. The predicted octanol–water partition coefficient (Wildman–Crippen LogP) is 2.50. The zero-order chi connectivity index (χ0) is 16.2. The molecular formula is C16H21N5O2. The fourth-order valence-corrected chi connectivity index (χ4v) is 2.74. The van der Waals surface area contributed by atoms with E-state index in [2.05, 4.69) is 20.4 Å². The number of anilines is 1. The van der Waals surface area contributed by atoms with Crippen LogP contribution in [0.15, 0.2) is 18.6 Å². The number of nitrogens with one attached hydrogen (secondary N) is 1. The molecule has 0 saturated heterocycles. The Morgan fingerprint density at radius 1 is 1.39 bits per heavy atom. The second-order valence-corrected chi connectivity index (χ2v) is 5.74. The summed E-state index contributed by atoms with van der Waals surface area (Å²) in [6, 6.07) is 0.338. The highest BCUT2D eigenvalue weighted by molar-refractivity contribution is 5.94. The number of nitrogens with zero attached hydrogens (tertiary/aromatic N) is 4. The molecule has 7 heteroatoms. The molecule has 2 aromatic heterocycles. The molecule has 122 valence electrons. The predicted molar refractivity (Wildman–Crippen MR) is 85.7 cm³/mol. The normalized spacial score (nSPS) is 14.9. The Hall–Kier alpha value is -2.44. The van der Waals surface area contributed by atoms with Gasteiger partial charge in [0.2, 0.25) is 0 Å². The van der Waals surface area contributed by atoms with E-state index < -0.39 is 5.97 Å². The summed E-state index contributed by atoms with van der Waals surface area (Å²) in [5.41, 5.74) is 1.39. The van der Waals surface area contributed by atoms with Crippen molar-refractivity contribution in [3.05, 3.63) is 29.7 Å². The van der Waals surface area contributed by atoms with Gasteiger partial charge in [-0.25, -0.2) is 14.5 Å². The average Bonchev–Trinajstić information content (AvgIpc) is 3.19. The van der Waals surface area contributed by atoms with E-state index in [1.807, 2.05) is 13.1 Å². The molecule has 0 unspecified atom stereocenters. The first-order valence-corrected chi connectivity index (χ1v) is 7.99. The quantitative estimate of drug-likeness (QED) is 0.854. The van der Waals surface area contributed by atoms with Crippen LogP contribution in [0.4, 0.5) is 5.82 Å². The van der Waals surface area contributed by atoms with Crippen LogP contribution in [0, 0.1) is 6.92 Å². The highest BCUT2D eigenvalue weighted by Gasteiger charge is 2.21. The molecule has 0 amide bonds. The summed E-state index contributed by atoms with van der Waals surface area (Å²) in [7, 11) is 0. The highest BCUT2D eigenvalue weighted by atomic mass is 16.5. The van der Waals surface area contributed by atoms with Gasteiger partial charge in [0.05, 0.1) is 12.8 Å². The van der Waals surface area contributed by atoms with Crippen molar-refractivity contribution in [2.45, 2.75) is 45.6 Å². The van der Waals surface area contributed by atoms with Crippen LogP contribution in [0.5, 0.6) is 0 Å². The Labute approximate surface area is 135 Å². The van der Waals surface area contributed by atoms with Crippen LogP contribution in [0.2, 0.25) is 0 Å². The maximum atomic E-state index is 12.1. The summed E-state index contributed by atoms with van der Waals surface area (Å²) in [6.45, 7) is 4.06. The van der Waals surface area contributed by atoms with Crippen molar-refractivity contribution in [1.29, 1.82) is 0 Å². The lowest BCUT2D eigenvalue weighted by Gasteiger charge is -2.16. The number of carbonyl (C=O) groups excluding carboxylic acids is 1. The Bertz CT molecular complexity index is 692. The van der Waals surface area contributed by atoms with E-state index in [1.165, 1.54) is 19.0 Å². The Balaban J connectivity index is 1.93. The first kappa shape index (κ1) is 15.5. The summed E-state index contributed by atoms with van der Waals surface area (Å²) < 4.78 is 6.70. The molecule has 23 heavy (non-hydrogen) atoms. The van der Waals surface area contributed by atoms with E-state index in [0.717, 1.165) is 18.4 Å². The van der Waals surface area contributed by atoms with Crippen molar-refractivity contribution in [2.75, 3.05) is 11.9 Å². The van der Waals surface area contributed by atoms with Gasteiger partial charge in [-0.3, -0.25) is 0 Å². The van der Waals surface area contributed by atoms with E-state index in [0.29, 0.717) is 30.0 Å². The lowest BCUT2D eigenvalue weighted by atomic mass is 10.2. The fraction of sp³-hybridized carbons (Fsp3) is 0.500. The van der Waals surface area contributed by atoms with Gasteiger partial charge in [-0.05, 0) is 32.3 Å². The minimum atomic E-state index is -0.406. The van der Waals surface area contributed by atoms with E-state index in [9.17, 15) is 4.79 Å². The molecule has 0 radical (unpaired) electrons. The van der Waals surface area contributed by atoms with E-state index in [4.69, 9.17) is 4.74 Å². The van der Waals surface area contributed by atoms with Crippen LogP contribution < -0.4 is 5.32 Å². The molecule has 0 aliphatic heterocycles. The Kier molecular flexibility index (Phi) is 4.55. The number of carbonyl (C=O) groups is 1. The number of hydrogen-bond acceptors (Lipinski definition) is 6. The fourth-order valence-electron chi connectivity index (χ4n) is 2.74. The smallest absolute Gasteiger partial charge is 0.343 e. The topological polar surface area (TPSA) is 81.9 Å². The summed E-state index contributed by atoms with van der Waals surface area (Å²) in [4.78, 5) is 20.9. The largest absolute Gasteiger partial charge is 0.462 e. The van der Waals surface area contributed by atoms with Crippen molar-refractivity contribution in [2.24, 2.45) is 0 Å². The van der Waals surface area contributed by atoms with Gasteiger partial charge in [-0.1, -0.05) is 12.8 Å². The number of esters is 1. The first-order chi connectivity index (χ1) is 11.2. The third-order valence-electron chi connectivity index (χ3n) is 3.88. The molecule has 1 aliphatic carbocycles. The first-order valence-electron chi connectivity index (χ1n) is 7.99. The van der Waals surface area contributed by atoms with Gasteiger partial charge < -0.3 is 10.1 Å². The van der Waals surface area contributed by atoms with Crippen LogP contribution in [-0.4, -0.2) is 38.4 Å². The second kappa shape index (κ2) is 6.76. The summed E-state index contributed by atoms with van der Waals surface area (Å²) in [5.74, 6) is 0.552. The van der Waals surface area contributed by atoms with Crippen molar-refractivity contribution in [3.8, 4) is 5.95 Å². The third-order valence-corrected chi connectivity index (χ3v) is 3.88. The number of aromatic nitrogens is 4. The standard InChI is InChI=1S/C16H21N5O2/c1-3-23-15(22)13-9-17-16(21-10-11(2)8-18-21)20-14(13)19-12-6-4-5-7-12/h8-10,12H,3-7H2,1-2H3,(H,17,19,20). The van der Waals surface area contributed by atoms with Crippen molar-refractivity contribution in [1.82, 2.24) is 19.7 Å². The molecule has 1 aliphatic rings. The van der Waals surface area contributed by atoms with Gasteiger partial charge in [0.1, 0.15) is 11.4 Å². The molecule has 0 atom stereocenters. The molecule has 3 rings (SSSR count). The van der Waals surface area contributed by atoms with Crippen LogP contribution in [-0.2, 0) is 4.74 Å². The molecule has 0 aromatic carbocycles. The van der Waals surface area contributed by atoms with Crippen LogP contribution in [0.1, 0.15) is 48.5 Å². The molecule has 1 saturated carbocycles. The summed E-state index contributed by atoms with van der Waals surface area (Å²) in [5, 5.41) is 7.59. The van der Waals surface area contributed by atoms with Gasteiger partial charge in [0.25, 0.3) is 5.95 Å². The van der Waals surface area contributed by atoms with Crippen LogP contribution in [0.3, 0.4) is 0 Å². The molecule has 1 fully saturated rings. The molecule has 7 nitrogen and oxygen atoms in total. The van der Waals surface area contributed by atoms with Crippen LogP contribution in [0.25, 0.3) is 5.95 Å². The molecule has 2 aromatic rings. The summed E-state index contributed by atoms with van der Waals surface area (Å²) in [6.07, 6.45) is 9.66. The highest BCUT2D eigenvalue weighted by Crippen LogP contribution is 2.24. The average molecular weight is 315 g/mol. The third kappa shape index (κ3) is 3.49. The van der Waals surface area contributed by atoms with E-state index in [-0.39, 0.29) is 0 Å². The number of aryl methyl sites for hydroxylation is 1. The number of rotatable bonds is 5. The number of ether oxygens (including phenoxy) is 1. The monoisotopic (exact) mass is 315 g/mol. The van der Waals surface area contributed by atoms with Crippen molar-refractivity contribution >= 4 is 11.8 Å². The molecule has 2 heterocycles. The maximum Gasteiger partial charge on any atom is 0.343 e. The van der Waals surface area contributed by atoms with Gasteiger partial charge in [-0.15, -0.1) is 0 Å². The molecular weight excluding hydrogens is 294 g/mol. The van der Waals surface area contributed by atoms with Gasteiger partial charge >= 0.3 is 5.97 Å². The summed E-state index contributed by atoms with van der Waals surface area (Å²) >= 11 is 0. The molecule has 0 spiro atoms. The molecule has 0 bridgehead atoms. The number of hydrogen-bond donors (Lipinski definition) is 1. The maximum absolute atomic E-state index is 12.1. The van der Waals surface area contributed by atoms with Gasteiger partial charge in [0, 0.05) is 18.4 Å². The zero-order valence-corrected chi connectivity index (χ0v) is 13.5. The molecule has 1 N–H and O–H groups in total. The SMILES string of the molecule is CCOC(=O)c1cnc(-n2cc(C)cn2)nc1NC1CCCC1. The lowest BCUT2D eigenvalue weighted by molar-refractivity contribution is 0.0526. The zero-order valence-electron chi connectivity index (χ0n) is 13.5. The lowest BCUT2D eigenvalue weighted by Crippen LogP contribution is -2.20. The van der Waals surface area contributed by atoms with Gasteiger partial charge in [-0.2, -0.15) is 10.1 Å². The Morgan fingerprint density at radius 2 is 2.17 bits per heavy atom.